The summed E-state index contributed by atoms with van der Waals surface area (Å²) in [5.41, 5.74) is 5.61. The SMILES string of the molecule is Cc1ccc(N2C(=O)c3ccccc3N(Cc3ccccc3)[C@H]2c2ccc(OCC(=O)NCC(C)C)cc2)cc1. The van der Waals surface area contributed by atoms with Gasteiger partial charge in [-0.25, -0.2) is 0 Å². The van der Waals surface area contributed by atoms with Gasteiger partial charge >= 0.3 is 0 Å². The first-order valence-electron chi connectivity index (χ1n) is 13.7. The fraction of sp³-hybridized carbons (Fsp3) is 0.235. The van der Waals surface area contributed by atoms with E-state index in [-0.39, 0.29) is 18.4 Å². The Labute approximate surface area is 236 Å². The summed E-state index contributed by atoms with van der Waals surface area (Å²) >= 11 is 0. The highest BCUT2D eigenvalue weighted by molar-refractivity contribution is 6.12. The van der Waals surface area contributed by atoms with Gasteiger partial charge in [-0.15, -0.1) is 0 Å². The molecule has 40 heavy (non-hydrogen) atoms. The van der Waals surface area contributed by atoms with Gasteiger partial charge in [0.15, 0.2) is 6.61 Å². The monoisotopic (exact) mass is 533 g/mol. The summed E-state index contributed by atoms with van der Waals surface area (Å²) in [6, 6.07) is 33.8. The lowest BCUT2D eigenvalue weighted by atomic mass is 9.99. The molecule has 1 heterocycles. The number of fused-ring (bicyclic) bond motifs is 1. The molecule has 6 nitrogen and oxygen atoms in total. The maximum atomic E-state index is 14.1. The normalized spacial score (nSPS) is 14.7. The largest absolute Gasteiger partial charge is 0.484 e. The molecular weight excluding hydrogens is 498 g/mol. The van der Waals surface area contributed by atoms with Gasteiger partial charge in [0.05, 0.1) is 11.3 Å². The fourth-order valence-electron chi connectivity index (χ4n) is 4.92. The number of nitrogens with zero attached hydrogens (tertiary/aromatic N) is 2. The standard InChI is InChI=1S/C34H35N3O3/c1-24(2)21-35-32(38)23-40-29-19-15-27(16-20-29)33-36(22-26-9-5-4-6-10-26)31-12-8-7-11-30(31)34(39)37(33)28-17-13-25(3)14-18-28/h4-20,24,33H,21-23H2,1-3H3,(H,35,38)/t33-/m1/s1. The van der Waals surface area contributed by atoms with E-state index in [1.54, 1.807) is 0 Å². The lowest BCUT2D eigenvalue weighted by Gasteiger charge is -2.46. The van der Waals surface area contributed by atoms with Gasteiger partial charge in [-0.3, -0.25) is 14.5 Å². The lowest BCUT2D eigenvalue weighted by Crippen LogP contribution is -2.49. The van der Waals surface area contributed by atoms with Crippen LogP contribution in [0.3, 0.4) is 0 Å². The molecule has 5 rings (SSSR count). The second-order valence-electron chi connectivity index (χ2n) is 10.6. The van der Waals surface area contributed by atoms with Crippen LogP contribution in [0.4, 0.5) is 11.4 Å². The topological polar surface area (TPSA) is 61.9 Å². The average molecular weight is 534 g/mol. The fourth-order valence-corrected chi connectivity index (χ4v) is 4.92. The predicted octanol–water partition coefficient (Wildman–Crippen LogP) is 6.51. The van der Waals surface area contributed by atoms with Crippen LogP contribution in [0.2, 0.25) is 0 Å². The molecule has 204 valence electrons. The number of benzene rings is 4. The second kappa shape index (κ2) is 12.1. The van der Waals surface area contributed by atoms with Crippen LogP contribution in [-0.2, 0) is 11.3 Å². The van der Waals surface area contributed by atoms with Gasteiger partial charge < -0.3 is 15.0 Å². The number of ether oxygens (including phenoxy) is 1. The number of amides is 2. The molecule has 1 atom stereocenters. The van der Waals surface area contributed by atoms with E-state index in [1.807, 2.05) is 103 Å². The van der Waals surface area contributed by atoms with Crippen molar-refractivity contribution in [3.05, 3.63) is 125 Å². The van der Waals surface area contributed by atoms with Crippen molar-refractivity contribution >= 4 is 23.2 Å². The molecule has 6 heteroatoms. The average Bonchev–Trinajstić information content (AvgIpc) is 2.98. The summed E-state index contributed by atoms with van der Waals surface area (Å²) < 4.78 is 5.76. The number of hydrogen-bond donors (Lipinski definition) is 1. The first kappa shape index (κ1) is 27.0. The van der Waals surface area contributed by atoms with E-state index in [1.165, 1.54) is 0 Å². The number of nitrogens with one attached hydrogen (secondary N) is 1. The molecule has 0 spiro atoms. The van der Waals surface area contributed by atoms with Crippen LogP contribution in [-0.4, -0.2) is 25.0 Å². The first-order valence-corrected chi connectivity index (χ1v) is 13.7. The zero-order chi connectivity index (χ0) is 28.1. The minimum absolute atomic E-state index is 0.0447. The molecule has 0 bridgehead atoms. The van der Waals surface area contributed by atoms with Crippen molar-refractivity contribution < 1.29 is 14.3 Å². The van der Waals surface area contributed by atoms with Crippen LogP contribution in [0.25, 0.3) is 0 Å². The number of anilines is 2. The molecule has 0 saturated carbocycles. The Kier molecular flexibility index (Phi) is 8.15. The summed E-state index contributed by atoms with van der Waals surface area (Å²) in [4.78, 5) is 30.4. The summed E-state index contributed by atoms with van der Waals surface area (Å²) in [5.74, 6) is 0.784. The Morgan fingerprint density at radius 1 is 0.875 bits per heavy atom. The Morgan fingerprint density at radius 3 is 2.25 bits per heavy atom. The Morgan fingerprint density at radius 2 is 1.55 bits per heavy atom. The molecule has 4 aromatic carbocycles. The highest BCUT2D eigenvalue weighted by Gasteiger charge is 2.39. The van der Waals surface area contributed by atoms with E-state index in [4.69, 9.17) is 4.74 Å². The zero-order valence-corrected chi connectivity index (χ0v) is 23.2. The van der Waals surface area contributed by atoms with Crippen LogP contribution >= 0.6 is 0 Å². The summed E-state index contributed by atoms with van der Waals surface area (Å²) in [5, 5.41) is 2.87. The molecule has 0 radical (unpaired) electrons. The number of aryl methyl sites for hydroxylation is 1. The van der Waals surface area contributed by atoms with Crippen molar-refractivity contribution in [3.63, 3.8) is 0 Å². The van der Waals surface area contributed by atoms with Crippen LogP contribution in [0.15, 0.2) is 103 Å². The number of hydrogen-bond acceptors (Lipinski definition) is 4. The molecule has 4 aromatic rings. The highest BCUT2D eigenvalue weighted by Crippen LogP contribution is 2.42. The summed E-state index contributed by atoms with van der Waals surface area (Å²) in [6.45, 7) is 7.33. The van der Waals surface area contributed by atoms with E-state index in [0.29, 0.717) is 30.3 Å². The molecular formula is C34H35N3O3. The van der Waals surface area contributed by atoms with Crippen LogP contribution in [0, 0.1) is 12.8 Å². The van der Waals surface area contributed by atoms with Gasteiger partial charge in [-0.05, 0) is 60.4 Å². The molecule has 0 fully saturated rings. The third-order valence-electron chi connectivity index (χ3n) is 6.97. The molecule has 0 aromatic heterocycles. The van der Waals surface area contributed by atoms with Gasteiger partial charge in [0.1, 0.15) is 11.9 Å². The van der Waals surface area contributed by atoms with Crippen LogP contribution < -0.4 is 19.9 Å². The quantitative estimate of drug-likeness (QED) is 0.266. The number of rotatable bonds is 9. The number of carbonyl (C=O) groups is 2. The lowest BCUT2D eigenvalue weighted by molar-refractivity contribution is -0.123. The van der Waals surface area contributed by atoms with E-state index >= 15 is 0 Å². The summed E-state index contributed by atoms with van der Waals surface area (Å²) in [7, 11) is 0. The molecule has 0 saturated heterocycles. The third-order valence-corrected chi connectivity index (χ3v) is 6.97. The maximum absolute atomic E-state index is 14.1. The van der Waals surface area contributed by atoms with E-state index in [9.17, 15) is 9.59 Å². The molecule has 0 unspecified atom stereocenters. The van der Waals surface area contributed by atoms with Gasteiger partial charge in [0, 0.05) is 18.8 Å². The molecule has 1 aliphatic heterocycles. The Balaban J connectivity index is 1.52. The van der Waals surface area contributed by atoms with E-state index in [0.717, 1.165) is 28.1 Å². The van der Waals surface area contributed by atoms with E-state index in [2.05, 4.69) is 36.2 Å². The predicted molar refractivity (Wildman–Crippen MR) is 160 cm³/mol. The zero-order valence-electron chi connectivity index (χ0n) is 23.2. The van der Waals surface area contributed by atoms with Gasteiger partial charge in [-0.1, -0.05) is 86.1 Å². The smallest absolute Gasteiger partial charge is 0.262 e. The summed E-state index contributed by atoms with van der Waals surface area (Å²) in [6.07, 6.45) is -0.395. The Bertz CT molecular complexity index is 1450. The third kappa shape index (κ3) is 6.01. The van der Waals surface area contributed by atoms with Gasteiger partial charge in [-0.2, -0.15) is 0 Å². The minimum atomic E-state index is -0.395. The number of para-hydroxylation sites is 1. The van der Waals surface area contributed by atoms with Crippen molar-refractivity contribution in [2.75, 3.05) is 23.0 Å². The molecule has 0 aliphatic carbocycles. The van der Waals surface area contributed by atoms with Crippen molar-refractivity contribution in [2.24, 2.45) is 5.92 Å². The van der Waals surface area contributed by atoms with Gasteiger partial charge in [0.25, 0.3) is 11.8 Å². The highest BCUT2D eigenvalue weighted by atomic mass is 16.5. The van der Waals surface area contributed by atoms with E-state index < -0.39 is 6.17 Å². The van der Waals surface area contributed by atoms with Crippen LogP contribution in [0.5, 0.6) is 5.75 Å². The molecule has 1 aliphatic rings. The van der Waals surface area contributed by atoms with Crippen LogP contribution in [0.1, 0.15) is 47.1 Å². The second-order valence-corrected chi connectivity index (χ2v) is 10.6. The number of carbonyl (C=O) groups excluding carboxylic acids is 2. The van der Waals surface area contributed by atoms with Crippen molar-refractivity contribution in [1.82, 2.24) is 5.32 Å². The minimum Gasteiger partial charge on any atom is -0.484 e. The molecule has 1 N–H and O–H groups in total. The maximum Gasteiger partial charge on any atom is 0.262 e. The Hall–Kier alpha value is -4.58. The van der Waals surface area contributed by atoms with Crippen molar-refractivity contribution in [2.45, 2.75) is 33.5 Å². The first-order chi connectivity index (χ1) is 19.4. The van der Waals surface area contributed by atoms with Crippen molar-refractivity contribution in [1.29, 1.82) is 0 Å². The van der Waals surface area contributed by atoms with Gasteiger partial charge in [0.2, 0.25) is 0 Å². The van der Waals surface area contributed by atoms with Crippen molar-refractivity contribution in [3.8, 4) is 5.75 Å². The molecule has 2 amide bonds.